The Morgan fingerprint density at radius 1 is 0.957 bits per heavy atom. The Hall–Kier alpha value is -1.62. The highest BCUT2D eigenvalue weighted by Gasteiger charge is 2.47. The zero-order valence-corrected chi connectivity index (χ0v) is 14.7. The summed E-state index contributed by atoms with van der Waals surface area (Å²) in [7, 11) is 2.06. The van der Waals surface area contributed by atoms with Crippen LogP contribution in [-0.2, 0) is 19.1 Å². The molecule has 0 spiro atoms. The van der Waals surface area contributed by atoms with Crippen LogP contribution in [-0.4, -0.2) is 48.2 Å². The number of piperidine rings is 1. The predicted octanol–water partition coefficient (Wildman–Crippen LogP) is 2.61. The minimum Gasteiger partial charge on any atom is -0.459 e. The molecule has 2 bridgehead atoms. The van der Waals surface area contributed by atoms with Crippen molar-refractivity contribution >= 4 is 11.9 Å². The number of carbonyl (C=O) groups excluding carboxylic acids is 2. The Kier molecular flexibility index (Phi) is 5.63. The monoisotopic (exact) mass is 321 g/mol. The molecule has 128 valence electrons. The van der Waals surface area contributed by atoms with E-state index in [-0.39, 0.29) is 30.2 Å². The van der Waals surface area contributed by atoms with Crippen LogP contribution in [0.1, 0.15) is 47.0 Å². The SMILES string of the molecule is CC=C(C)C(=O)OC1C[C@H]2CC(OC(=O)C(C)=CC)[C@@H](C1)N2C. The standard InChI is InChI=1S/C18H27NO4/c1-6-11(3)17(20)22-14-8-13-9-16(15(10-14)19(13)5)23-18(21)12(4)7-2/h6-7,13-16H,8-10H2,1-5H3/t13-,14?,15+,16?/m0/s1. The molecule has 0 radical (unpaired) electrons. The molecular weight excluding hydrogens is 294 g/mol. The molecule has 2 rings (SSSR count). The molecule has 0 aromatic rings. The molecule has 0 aromatic heterocycles. The number of ether oxygens (including phenoxy) is 2. The van der Waals surface area contributed by atoms with Crippen molar-refractivity contribution in [3.8, 4) is 0 Å². The zero-order chi connectivity index (χ0) is 17.1. The number of likely N-dealkylation sites (N-methyl/N-ethyl adjacent to an activating group) is 1. The molecule has 2 heterocycles. The Labute approximate surface area is 138 Å². The molecule has 23 heavy (non-hydrogen) atoms. The topological polar surface area (TPSA) is 55.8 Å². The summed E-state index contributed by atoms with van der Waals surface area (Å²) >= 11 is 0. The summed E-state index contributed by atoms with van der Waals surface area (Å²) < 4.78 is 11.3. The first kappa shape index (κ1) is 17.7. The normalized spacial score (nSPS) is 31.9. The van der Waals surface area contributed by atoms with E-state index in [2.05, 4.69) is 11.9 Å². The predicted molar refractivity (Wildman–Crippen MR) is 87.8 cm³/mol. The highest BCUT2D eigenvalue weighted by molar-refractivity contribution is 5.88. The van der Waals surface area contributed by atoms with Gasteiger partial charge in [0.1, 0.15) is 12.2 Å². The third-order valence-corrected chi connectivity index (χ3v) is 5.11. The van der Waals surface area contributed by atoms with E-state index < -0.39 is 0 Å². The fourth-order valence-corrected chi connectivity index (χ4v) is 3.31. The summed E-state index contributed by atoms with van der Waals surface area (Å²) in [5.74, 6) is -0.503. The van der Waals surface area contributed by atoms with Crippen molar-refractivity contribution in [3.05, 3.63) is 23.3 Å². The molecule has 0 N–H and O–H groups in total. The zero-order valence-electron chi connectivity index (χ0n) is 14.7. The van der Waals surface area contributed by atoms with Gasteiger partial charge in [-0.05, 0) is 34.7 Å². The second-order valence-corrected chi connectivity index (χ2v) is 6.51. The summed E-state index contributed by atoms with van der Waals surface area (Å²) in [6.45, 7) is 7.18. The highest BCUT2D eigenvalue weighted by atomic mass is 16.6. The van der Waals surface area contributed by atoms with Crippen molar-refractivity contribution in [1.29, 1.82) is 0 Å². The number of esters is 2. The van der Waals surface area contributed by atoms with Crippen molar-refractivity contribution in [2.75, 3.05) is 7.05 Å². The first-order valence-corrected chi connectivity index (χ1v) is 8.27. The van der Waals surface area contributed by atoms with Crippen molar-refractivity contribution in [1.82, 2.24) is 4.90 Å². The van der Waals surface area contributed by atoms with Crippen LogP contribution in [0.4, 0.5) is 0 Å². The summed E-state index contributed by atoms with van der Waals surface area (Å²) in [5, 5.41) is 0. The number of fused-ring (bicyclic) bond motifs is 2. The van der Waals surface area contributed by atoms with Crippen LogP contribution in [0.25, 0.3) is 0 Å². The van der Waals surface area contributed by atoms with Crippen LogP contribution in [0.15, 0.2) is 23.3 Å². The molecule has 5 heteroatoms. The number of rotatable bonds is 4. The average molecular weight is 321 g/mol. The number of allylic oxidation sites excluding steroid dienone is 2. The van der Waals surface area contributed by atoms with Crippen molar-refractivity contribution < 1.29 is 19.1 Å². The van der Waals surface area contributed by atoms with E-state index in [0.717, 1.165) is 12.8 Å². The van der Waals surface area contributed by atoms with Crippen LogP contribution in [0, 0.1) is 0 Å². The van der Waals surface area contributed by atoms with Gasteiger partial charge in [-0.1, -0.05) is 12.2 Å². The van der Waals surface area contributed by atoms with Crippen LogP contribution >= 0.6 is 0 Å². The van der Waals surface area contributed by atoms with Gasteiger partial charge in [0.25, 0.3) is 0 Å². The maximum Gasteiger partial charge on any atom is 0.333 e. The molecule has 2 aliphatic heterocycles. The van der Waals surface area contributed by atoms with Crippen LogP contribution < -0.4 is 0 Å². The average Bonchev–Trinajstić information content (AvgIpc) is 2.72. The lowest BCUT2D eigenvalue weighted by molar-refractivity contribution is -0.151. The van der Waals surface area contributed by atoms with E-state index in [9.17, 15) is 9.59 Å². The molecule has 4 atom stereocenters. The Morgan fingerprint density at radius 3 is 2.09 bits per heavy atom. The fourth-order valence-electron chi connectivity index (χ4n) is 3.31. The summed E-state index contributed by atoms with van der Waals surface area (Å²) in [5.41, 5.74) is 1.25. The molecule has 0 aliphatic carbocycles. The van der Waals surface area contributed by atoms with Crippen molar-refractivity contribution in [2.45, 2.75) is 71.2 Å². The smallest absolute Gasteiger partial charge is 0.333 e. The third-order valence-electron chi connectivity index (χ3n) is 5.11. The summed E-state index contributed by atoms with van der Waals surface area (Å²) in [6.07, 6.45) is 5.61. The van der Waals surface area contributed by atoms with Crippen molar-refractivity contribution in [2.24, 2.45) is 0 Å². The first-order valence-electron chi connectivity index (χ1n) is 8.27. The van der Waals surface area contributed by atoms with Gasteiger partial charge in [0.2, 0.25) is 0 Å². The van der Waals surface area contributed by atoms with E-state index in [4.69, 9.17) is 9.47 Å². The molecule has 2 aliphatic rings. The summed E-state index contributed by atoms with van der Waals surface area (Å²) in [6, 6.07) is 0.409. The first-order chi connectivity index (χ1) is 10.9. The molecule has 0 aromatic carbocycles. The quantitative estimate of drug-likeness (QED) is 0.588. The van der Waals surface area contributed by atoms with E-state index in [1.807, 2.05) is 13.8 Å². The van der Waals surface area contributed by atoms with Gasteiger partial charge in [-0.25, -0.2) is 9.59 Å². The van der Waals surface area contributed by atoms with Gasteiger partial charge in [0.05, 0.1) is 6.04 Å². The molecule has 5 nitrogen and oxygen atoms in total. The maximum absolute atomic E-state index is 12.0. The molecule has 2 saturated heterocycles. The minimum atomic E-state index is -0.253. The van der Waals surface area contributed by atoms with E-state index in [1.165, 1.54) is 0 Å². The maximum atomic E-state index is 12.0. The molecule has 0 amide bonds. The lowest BCUT2D eigenvalue weighted by atomic mass is 10.00. The van der Waals surface area contributed by atoms with E-state index in [1.54, 1.807) is 26.0 Å². The highest BCUT2D eigenvalue weighted by Crippen LogP contribution is 2.37. The van der Waals surface area contributed by atoms with Gasteiger partial charge in [0.15, 0.2) is 0 Å². The lowest BCUT2D eigenvalue weighted by Gasteiger charge is -2.36. The molecule has 2 fully saturated rings. The number of hydrogen-bond acceptors (Lipinski definition) is 5. The third kappa shape index (κ3) is 3.83. The van der Waals surface area contributed by atoms with Gasteiger partial charge in [0, 0.05) is 36.5 Å². The Morgan fingerprint density at radius 2 is 1.52 bits per heavy atom. The molecule has 2 unspecified atom stereocenters. The molecular formula is C18H27NO4. The largest absolute Gasteiger partial charge is 0.459 e. The second kappa shape index (κ2) is 7.30. The molecule has 0 saturated carbocycles. The van der Waals surface area contributed by atoms with Gasteiger partial charge in [-0.15, -0.1) is 0 Å². The van der Waals surface area contributed by atoms with Gasteiger partial charge >= 0.3 is 11.9 Å². The van der Waals surface area contributed by atoms with Gasteiger partial charge in [-0.3, -0.25) is 4.90 Å². The number of nitrogens with zero attached hydrogens (tertiary/aromatic N) is 1. The van der Waals surface area contributed by atoms with Gasteiger partial charge in [-0.2, -0.15) is 0 Å². The second-order valence-electron chi connectivity index (χ2n) is 6.51. The summed E-state index contributed by atoms with van der Waals surface area (Å²) in [4.78, 5) is 26.2. The van der Waals surface area contributed by atoms with E-state index in [0.29, 0.717) is 23.6 Å². The van der Waals surface area contributed by atoms with Crippen LogP contribution in [0.2, 0.25) is 0 Å². The van der Waals surface area contributed by atoms with Crippen LogP contribution in [0.5, 0.6) is 0 Å². The van der Waals surface area contributed by atoms with Crippen LogP contribution in [0.3, 0.4) is 0 Å². The number of hydrogen-bond donors (Lipinski definition) is 0. The van der Waals surface area contributed by atoms with Crippen molar-refractivity contribution in [3.63, 3.8) is 0 Å². The van der Waals surface area contributed by atoms with E-state index >= 15 is 0 Å². The van der Waals surface area contributed by atoms with Gasteiger partial charge < -0.3 is 9.47 Å². The Bertz CT molecular complexity index is 535. The lowest BCUT2D eigenvalue weighted by Crippen LogP contribution is -2.46. The Balaban J connectivity index is 2.00. The minimum absolute atomic E-state index is 0.102. The number of carbonyl (C=O) groups is 2. The fraction of sp³-hybridized carbons (Fsp3) is 0.667.